The van der Waals surface area contributed by atoms with Gasteiger partial charge >= 0.3 is 0 Å². The number of hydrogen-bond acceptors (Lipinski definition) is 1. The zero-order valence-corrected chi connectivity index (χ0v) is 9.32. The maximum atomic E-state index is 3.38. The van der Waals surface area contributed by atoms with Crippen molar-refractivity contribution in [1.29, 1.82) is 0 Å². The van der Waals surface area contributed by atoms with E-state index in [9.17, 15) is 0 Å². The molecule has 15 heavy (non-hydrogen) atoms. The fourth-order valence-corrected chi connectivity index (χ4v) is 1.64. The Kier molecular flexibility index (Phi) is 3.44. The van der Waals surface area contributed by atoms with Crippen molar-refractivity contribution in [2.24, 2.45) is 0 Å². The molecule has 0 spiro atoms. The van der Waals surface area contributed by atoms with E-state index in [0.29, 0.717) is 5.92 Å². The van der Waals surface area contributed by atoms with Gasteiger partial charge in [-0.15, -0.1) is 0 Å². The van der Waals surface area contributed by atoms with Crippen LogP contribution in [0.2, 0.25) is 0 Å². The first-order chi connectivity index (χ1) is 7.36. The predicted molar refractivity (Wildman–Crippen MR) is 64.8 cm³/mol. The van der Waals surface area contributed by atoms with Crippen LogP contribution in [0.5, 0.6) is 0 Å². The van der Waals surface area contributed by atoms with Crippen LogP contribution < -0.4 is 5.32 Å². The van der Waals surface area contributed by atoms with Crippen LogP contribution in [0.4, 0.5) is 0 Å². The molecule has 1 heteroatoms. The summed E-state index contributed by atoms with van der Waals surface area (Å²) >= 11 is 0. The summed E-state index contributed by atoms with van der Waals surface area (Å²) < 4.78 is 0. The van der Waals surface area contributed by atoms with Gasteiger partial charge in [-0.3, -0.25) is 0 Å². The highest BCUT2D eigenvalue weighted by Crippen LogP contribution is 2.20. The third-order valence-corrected chi connectivity index (χ3v) is 2.89. The molecule has 0 aromatic heterocycles. The molecule has 1 saturated carbocycles. The van der Waals surface area contributed by atoms with E-state index in [-0.39, 0.29) is 0 Å². The van der Waals surface area contributed by atoms with Crippen molar-refractivity contribution < 1.29 is 0 Å². The predicted octanol–water partition coefficient (Wildman–Crippen LogP) is 3.45. The average molecular weight is 201 g/mol. The van der Waals surface area contributed by atoms with Crippen LogP contribution in [-0.2, 0) is 0 Å². The lowest BCUT2D eigenvalue weighted by atomic mass is 9.98. The summed E-state index contributed by atoms with van der Waals surface area (Å²) in [4.78, 5) is 0. The lowest BCUT2D eigenvalue weighted by Gasteiger charge is -2.08. The second-order valence-corrected chi connectivity index (χ2v) is 4.39. The van der Waals surface area contributed by atoms with Gasteiger partial charge in [0.25, 0.3) is 0 Å². The highest BCUT2D eigenvalue weighted by Gasteiger charge is 2.18. The smallest absolute Gasteiger partial charge is 0.0257 e. The van der Waals surface area contributed by atoms with Crippen molar-refractivity contribution >= 4 is 0 Å². The van der Waals surface area contributed by atoms with E-state index in [1.54, 1.807) is 0 Å². The Morgan fingerprint density at radius 3 is 2.73 bits per heavy atom. The number of benzene rings is 1. The average Bonchev–Trinajstić information content (AvgIpc) is 3.09. The third kappa shape index (κ3) is 3.43. The van der Waals surface area contributed by atoms with Crippen LogP contribution in [0.15, 0.2) is 42.6 Å². The molecule has 1 aromatic carbocycles. The summed E-state index contributed by atoms with van der Waals surface area (Å²) in [7, 11) is 0. The van der Waals surface area contributed by atoms with E-state index < -0.39 is 0 Å². The molecule has 1 nitrogen and oxygen atoms in total. The monoisotopic (exact) mass is 201 g/mol. The molecule has 80 valence electrons. The molecule has 0 heterocycles. The molecule has 1 N–H and O–H groups in total. The molecule has 0 radical (unpaired) electrons. The summed E-state index contributed by atoms with van der Waals surface area (Å²) in [5.41, 5.74) is 1.42. The molecule has 0 aliphatic heterocycles. The summed E-state index contributed by atoms with van der Waals surface area (Å²) in [5, 5.41) is 3.38. The summed E-state index contributed by atoms with van der Waals surface area (Å²) in [6.07, 6.45) is 8.17. The Hall–Kier alpha value is -1.24. The largest absolute Gasteiger partial charge is 0.388 e. The molecular formula is C14H19N. The molecule has 0 amide bonds. The van der Waals surface area contributed by atoms with Crippen molar-refractivity contribution in [2.45, 2.75) is 38.1 Å². The molecule has 2 rings (SSSR count). The molecule has 1 aliphatic carbocycles. The Morgan fingerprint density at radius 1 is 1.33 bits per heavy atom. The minimum atomic E-state index is 0.614. The zero-order chi connectivity index (χ0) is 10.5. The normalized spacial score (nSPS) is 17.9. The van der Waals surface area contributed by atoms with Crippen molar-refractivity contribution in [3.05, 3.63) is 48.2 Å². The quantitative estimate of drug-likeness (QED) is 0.769. The van der Waals surface area contributed by atoms with E-state index >= 15 is 0 Å². The summed E-state index contributed by atoms with van der Waals surface area (Å²) in [6.45, 7) is 2.27. The van der Waals surface area contributed by atoms with Crippen LogP contribution >= 0.6 is 0 Å². The van der Waals surface area contributed by atoms with Gasteiger partial charge in [0.1, 0.15) is 0 Å². The van der Waals surface area contributed by atoms with Crippen LogP contribution in [-0.4, -0.2) is 6.04 Å². The fraction of sp³-hybridized carbons (Fsp3) is 0.429. The zero-order valence-electron chi connectivity index (χ0n) is 9.32. The molecule has 0 bridgehead atoms. The number of hydrogen-bond donors (Lipinski definition) is 1. The molecule has 1 atom stereocenters. The van der Waals surface area contributed by atoms with Gasteiger partial charge in [0.2, 0.25) is 0 Å². The van der Waals surface area contributed by atoms with E-state index in [1.165, 1.54) is 18.4 Å². The van der Waals surface area contributed by atoms with E-state index in [4.69, 9.17) is 0 Å². The molecule has 1 fully saturated rings. The Labute approximate surface area is 92.2 Å². The van der Waals surface area contributed by atoms with Crippen molar-refractivity contribution in [3.8, 4) is 0 Å². The molecule has 0 saturated heterocycles. The van der Waals surface area contributed by atoms with Crippen LogP contribution in [0.1, 0.15) is 37.7 Å². The second-order valence-electron chi connectivity index (χ2n) is 4.39. The van der Waals surface area contributed by atoms with Gasteiger partial charge in [-0.25, -0.2) is 0 Å². The van der Waals surface area contributed by atoms with Gasteiger partial charge in [-0.1, -0.05) is 43.3 Å². The topological polar surface area (TPSA) is 12.0 Å². The molecular weight excluding hydrogens is 182 g/mol. The first kappa shape index (κ1) is 10.3. The Balaban J connectivity index is 1.76. The SMILES string of the molecule is CC(CC=CNC1CC1)c1ccccc1. The number of allylic oxidation sites excluding steroid dienone is 1. The molecule has 1 aromatic rings. The Morgan fingerprint density at radius 2 is 2.07 bits per heavy atom. The number of nitrogens with one attached hydrogen (secondary N) is 1. The summed E-state index contributed by atoms with van der Waals surface area (Å²) in [6, 6.07) is 11.5. The Bertz CT molecular complexity index is 311. The lowest BCUT2D eigenvalue weighted by molar-refractivity contribution is 0.769. The van der Waals surface area contributed by atoms with Gasteiger partial charge in [0.15, 0.2) is 0 Å². The fourth-order valence-electron chi connectivity index (χ4n) is 1.64. The van der Waals surface area contributed by atoms with Crippen molar-refractivity contribution in [3.63, 3.8) is 0 Å². The van der Waals surface area contributed by atoms with Crippen LogP contribution in [0, 0.1) is 0 Å². The van der Waals surface area contributed by atoms with Crippen molar-refractivity contribution in [1.82, 2.24) is 5.32 Å². The highest BCUT2D eigenvalue weighted by molar-refractivity contribution is 5.19. The molecule has 1 unspecified atom stereocenters. The maximum Gasteiger partial charge on any atom is 0.0257 e. The van der Waals surface area contributed by atoms with Crippen LogP contribution in [0.25, 0.3) is 0 Å². The first-order valence-electron chi connectivity index (χ1n) is 5.82. The van der Waals surface area contributed by atoms with Gasteiger partial charge < -0.3 is 5.32 Å². The van der Waals surface area contributed by atoms with Gasteiger partial charge in [0, 0.05) is 6.04 Å². The lowest BCUT2D eigenvalue weighted by Crippen LogP contribution is -2.06. The standard InChI is InChI=1S/C14H19N/c1-12(13-7-3-2-4-8-13)6-5-11-15-14-9-10-14/h2-5,7-8,11-12,14-15H,6,9-10H2,1H3. The molecule has 1 aliphatic rings. The second kappa shape index (κ2) is 5.01. The minimum absolute atomic E-state index is 0.614. The van der Waals surface area contributed by atoms with E-state index in [1.807, 2.05) is 0 Å². The van der Waals surface area contributed by atoms with Crippen molar-refractivity contribution in [2.75, 3.05) is 0 Å². The maximum absolute atomic E-state index is 3.38. The summed E-state index contributed by atoms with van der Waals surface area (Å²) in [5.74, 6) is 0.614. The van der Waals surface area contributed by atoms with E-state index in [2.05, 4.69) is 54.8 Å². The number of rotatable bonds is 5. The van der Waals surface area contributed by atoms with E-state index in [0.717, 1.165) is 12.5 Å². The van der Waals surface area contributed by atoms with Crippen LogP contribution in [0.3, 0.4) is 0 Å². The highest BCUT2D eigenvalue weighted by atomic mass is 14.9. The minimum Gasteiger partial charge on any atom is -0.388 e. The van der Waals surface area contributed by atoms with Gasteiger partial charge in [0.05, 0.1) is 0 Å². The third-order valence-electron chi connectivity index (χ3n) is 2.89. The van der Waals surface area contributed by atoms with Gasteiger partial charge in [-0.2, -0.15) is 0 Å². The first-order valence-corrected chi connectivity index (χ1v) is 5.82. The van der Waals surface area contributed by atoms with Gasteiger partial charge in [-0.05, 0) is 36.9 Å².